The van der Waals surface area contributed by atoms with Crippen molar-refractivity contribution in [2.24, 2.45) is 5.92 Å². The van der Waals surface area contributed by atoms with Gasteiger partial charge in [-0.1, -0.05) is 32.0 Å². The van der Waals surface area contributed by atoms with Gasteiger partial charge < -0.3 is 9.84 Å². The van der Waals surface area contributed by atoms with E-state index in [-0.39, 0.29) is 18.6 Å². The lowest BCUT2D eigenvalue weighted by molar-refractivity contribution is 0.0566. The Morgan fingerprint density at radius 2 is 1.95 bits per heavy atom. The van der Waals surface area contributed by atoms with Crippen LogP contribution in [0.1, 0.15) is 40.2 Å². The predicted molar refractivity (Wildman–Crippen MR) is 85.6 cm³/mol. The molecule has 4 nitrogen and oxygen atoms in total. The maximum atomic E-state index is 12.3. The number of carbonyl (C=O) groups excluding carboxylic acids is 1. The molecule has 2 rings (SSSR count). The first kappa shape index (κ1) is 17.5. The SMILES string of the molecule is CC.CC(C)(C)OC(=O)N1CC(CO)Cc2ccccc21. The fraction of sp³-hybridized carbons (Fsp3) is 0.588. The zero-order valence-electron chi connectivity index (χ0n) is 13.7. The molecule has 0 aromatic heterocycles. The van der Waals surface area contributed by atoms with E-state index in [2.05, 4.69) is 0 Å². The van der Waals surface area contributed by atoms with Gasteiger partial charge in [0.1, 0.15) is 5.60 Å². The molecule has 1 heterocycles. The first-order chi connectivity index (χ1) is 9.90. The quantitative estimate of drug-likeness (QED) is 0.860. The average molecular weight is 293 g/mol. The van der Waals surface area contributed by atoms with E-state index < -0.39 is 5.60 Å². The molecule has 1 aromatic rings. The lowest BCUT2D eigenvalue weighted by Gasteiger charge is -2.35. The van der Waals surface area contributed by atoms with E-state index in [1.807, 2.05) is 58.9 Å². The Morgan fingerprint density at radius 3 is 2.52 bits per heavy atom. The van der Waals surface area contributed by atoms with Crippen LogP contribution < -0.4 is 4.90 Å². The number of fused-ring (bicyclic) bond motifs is 1. The normalized spacial score (nSPS) is 17.4. The summed E-state index contributed by atoms with van der Waals surface area (Å²) in [5, 5.41) is 9.37. The second-order valence-electron chi connectivity index (χ2n) is 5.97. The van der Waals surface area contributed by atoms with Crippen molar-refractivity contribution in [2.75, 3.05) is 18.1 Å². The van der Waals surface area contributed by atoms with E-state index in [9.17, 15) is 9.90 Å². The average Bonchev–Trinajstić information content (AvgIpc) is 2.46. The Kier molecular flexibility index (Phi) is 6.21. The minimum absolute atomic E-state index is 0.0717. The number of aliphatic hydroxyl groups excluding tert-OH is 1. The number of rotatable bonds is 1. The van der Waals surface area contributed by atoms with Gasteiger partial charge in [0, 0.05) is 19.1 Å². The maximum Gasteiger partial charge on any atom is 0.414 e. The molecule has 0 radical (unpaired) electrons. The van der Waals surface area contributed by atoms with Crippen LogP contribution >= 0.6 is 0 Å². The molecule has 4 heteroatoms. The molecule has 1 atom stereocenters. The Hall–Kier alpha value is -1.55. The highest BCUT2D eigenvalue weighted by atomic mass is 16.6. The van der Waals surface area contributed by atoms with E-state index in [0.29, 0.717) is 6.54 Å². The van der Waals surface area contributed by atoms with Crippen LogP contribution in [0.3, 0.4) is 0 Å². The van der Waals surface area contributed by atoms with Crippen LogP contribution in [0.5, 0.6) is 0 Å². The molecule has 0 saturated carbocycles. The second-order valence-corrected chi connectivity index (χ2v) is 5.97. The third-order valence-electron chi connectivity index (χ3n) is 3.10. The predicted octanol–water partition coefficient (Wildman–Crippen LogP) is 3.62. The van der Waals surface area contributed by atoms with Crippen molar-refractivity contribution in [2.45, 2.75) is 46.6 Å². The van der Waals surface area contributed by atoms with Gasteiger partial charge in [-0.3, -0.25) is 4.90 Å². The minimum atomic E-state index is -0.516. The van der Waals surface area contributed by atoms with Gasteiger partial charge in [0.05, 0.1) is 5.69 Å². The number of para-hydroxylation sites is 1. The first-order valence-electron chi connectivity index (χ1n) is 7.60. The standard InChI is InChI=1S/C15H21NO3.C2H6/c1-15(2,3)19-14(18)16-9-11(10-17)8-12-6-4-5-7-13(12)16;1-2/h4-7,11,17H,8-10H2,1-3H3;1-2H3. The zero-order valence-corrected chi connectivity index (χ0v) is 13.7. The molecule has 1 aromatic carbocycles. The highest BCUT2D eigenvalue weighted by Crippen LogP contribution is 2.30. The second kappa shape index (κ2) is 7.46. The summed E-state index contributed by atoms with van der Waals surface area (Å²) in [6.45, 7) is 10.1. The van der Waals surface area contributed by atoms with E-state index >= 15 is 0 Å². The molecule has 1 amide bonds. The van der Waals surface area contributed by atoms with Crippen LogP contribution in [-0.4, -0.2) is 30.0 Å². The van der Waals surface area contributed by atoms with Crippen LogP contribution in [0.15, 0.2) is 24.3 Å². The highest BCUT2D eigenvalue weighted by molar-refractivity contribution is 5.89. The van der Waals surface area contributed by atoms with Gasteiger partial charge in [-0.05, 0) is 38.8 Å². The third kappa shape index (κ3) is 4.74. The molecule has 118 valence electrons. The number of carbonyl (C=O) groups is 1. The summed E-state index contributed by atoms with van der Waals surface area (Å²) in [6.07, 6.45) is 0.449. The molecule has 0 spiro atoms. The van der Waals surface area contributed by atoms with Gasteiger partial charge in [0.25, 0.3) is 0 Å². The van der Waals surface area contributed by atoms with Crippen LogP contribution in [0, 0.1) is 5.92 Å². The van der Waals surface area contributed by atoms with E-state index in [1.54, 1.807) is 4.90 Å². The van der Waals surface area contributed by atoms with Crippen LogP contribution in [0.2, 0.25) is 0 Å². The van der Waals surface area contributed by atoms with Gasteiger partial charge in [-0.25, -0.2) is 4.79 Å². The topological polar surface area (TPSA) is 49.8 Å². The van der Waals surface area contributed by atoms with Crippen molar-refractivity contribution in [3.8, 4) is 0 Å². The molecule has 1 aliphatic heterocycles. The number of ether oxygens (including phenoxy) is 1. The van der Waals surface area contributed by atoms with Crippen molar-refractivity contribution in [3.63, 3.8) is 0 Å². The summed E-state index contributed by atoms with van der Waals surface area (Å²) in [4.78, 5) is 13.9. The molecule has 1 unspecified atom stereocenters. The van der Waals surface area contributed by atoms with E-state index in [4.69, 9.17) is 4.74 Å². The van der Waals surface area contributed by atoms with Crippen molar-refractivity contribution >= 4 is 11.8 Å². The summed E-state index contributed by atoms with van der Waals surface area (Å²) in [7, 11) is 0. The van der Waals surface area contributed by atoms with E-state index in [0.717, 1.165) is 17.7 Å². The van der Waals surface area contributed by atoms with Gasteiger partial charge in [0.2, 0.25) is 0 Å². The highest BCUT2D eigenvalue weighted by Gasteiger charge is 2.30. The van der Waals surface area contributed by atoms with Crippen LogP contribution in [0.25, 0.3) is 0 Å². The number of amides is 1. The molecule has 21 heavy (non-hydrogen) atoms. The molecule has 0 bridgehead atoms. The third-order valence-corrected chi connectivity index (χ3v) is 3.10. The maximum absolute atomic E-state index is 12.3. The molecule has 1 N–H and O–H groups in total. The Labute approximate surface area is 127 Å². The number of hydrogen-bond donors (Lipinski definition) is 1. The molecule has 1 aliphatic rings. The Bertz CT molecular complexity index is 465. The minimum Gasteiger partial charge on any atom is -0.443 e. The monoisotopic (exact) mass is 293 g/mol. The van der Waals surface area contributed by atoms with Crippen molar-refractivity contribution in [1.29, 1.82) is 0 Å². The lowest BCUT2D eigenvalue weighted by Crippen LogP contribution is -2.43. The number of hydrogen-bond acceptors (Lipinski definition) is 3. The molecule has 0 saturated heterocycles. The van der Waals surface area contributed by atoms with Crippen molar-refractivity contribution in [1.82, 2.24) is 0 Å². The van der Waals surface area contributed by atoms with Crippen LogP contribution in [0.4, 0.5) is 10.5 Å². The van der Waals surface area contributed by atoms with Crippen molar-refractivity contribution in [3.05, 3.63) is 29.8 Å². The zero-order chi connectivity index (χ0) is 16.0. The molecular formula is C17H27NO3. The summed E-state index contributed by atoms with van der Waals surface area (Å²) in [6, 6.07) is 7.78. The van der Waals surface area contributed by atoms with Gasteiger partial charge >= 0.3 is 6.09 Å². The fourth-order valence-corrected chi connectivity index (χ4v) is 2.29. The fourth-order valence-electron chi connectivity index (χ4n) is 2.29. The van der Waals surface area contributed by atoms with Crippen molar-refractivity contribution < 1.29 is 14.6 Å². The smallest absolute Gasteiger partial charge is 0.414 e. The summed E-state index contributed by atoms with van der Waals surface area (Å²) in [5.41, 5.74) is 1.46. The summed E-state index contributed by atoms with van der Waals surface area (Å²) in [5.74, 6) is 0.0717. The van der Waals surface area contributed by atoms with Gasteiger partial charge in [0.15, 0.2) is 0 Å². The number of anilines is 1. The lowest BCUT2D eigenvalue weighted by atomic mass is 9.93. The number of benzene rings is 1. The van der Waals surface area contributed by atoms with Crippen LogP contribution in [-0.2, 0) is 11.2 Å². The van der Waals surface area contributed by atoms with Gasteiger partial charge in [-0.2, -0.15) is 0 Å². The number of nitrogens with zero attached hydrogens (tertiary/aromatic N) is 1. The Morgan fingerprint density at radius 1 is 1.33 bits per heavy atom. The molecular weight excluding hydrogens is 266 g/mol. The summed E-state index contributed by atoms with van der Waals surface area (Å²) >= 11 is 0. The molecule has 0 fully saturated rings. The Balaban J connectivity index is 0.00000106. The largest absolute Gasteiger partial charge is 0.443 e. The molecule has 0 aliphatic carbocycles. The van der Waals surface area contributed by atoms with E-state index in [1.165, 1.54) is 0 Å². The number of aliphatic hydroxyl groups is 1. The first-order valence-corrected chi connectivity index (χ1v) is 7.60. The summed E-state index contributed by atoms with van der Waals surface area (Å²) < 4.78 is 5.43. The van der Waals surface area contributed by atoms with Gasteiger partial charge in [-0.15, -0.1) is 0 Å².